The number of nitrogens with one attached hydrogen (secondary N) is 1. The van der Waals surface area contributed by atoms with Gasteiger partial charge < -0.3 is 10.4 Å². The summed E-state index contributed by atoms with van der Waals surface area (Å²) in [7, 11) is 0. The Kier molecular flexibility index (Phi) is 6.40. The molecule has 4 heteroatoms. The van der Waals surface area contributed by atoms with Crippen LogP contribution >= 0.6 is 0 Å². The Labute approximate surface area is 126 Å². The summed E-state index contributed by atoms with van der Waals surface area (Å²) in [6.45, 7) is 6.28. The first-order valence-corrected chi connectivity index (χ1v) is 7.37. The minimum atomic E-state index is -0.813. The van der Waals surface area contributed by atoms with E-state index >= 15 is 0 Å². The molecule has 0 aromatic heterocycles. The molecule has 1 amide bonds. The highest BCUT2D eigenvalue weighted by molar-refractivity contribution is 5.76. The van der Waals surface area contributed by atoms with E-state index in [1.807, 2.05) is 30.3 Å². The molecule has 4 nitrogen and oxygen atoms in total. The number of unbranched alkanes of at least 4 members (excludes halogenated alkanes) is 1. The Morgan fingerprint density at radius 1 is 1.10 bits per heavy atom. The molecule has 116 valence electrons. The van der Waals surface area contributed by atoms with Gasteiger partial charge in [0, 0.05) is 12.8 Å². The SMILES string of the molecule is CC(C)(C)C(NC(=O)CCCCC(=O)O)c1ccccc1. The number of hydrogen-bond donors (Lipinski definition) is 2. The molecule has 0 fully saturated rings. The largest absolute Gasteiger partial charge is 0.481 e. The number of amides is 1. The number of rotatable bonds is 7. The van der Waals surface area contributed by atoms with E-state index in [-0.39, 0.29) is 23.8 Å². The molecule has 0 spiro atoms. The summed E-state index contributed by atoms with van der Waals surface area (Å²) < 4.78 is 0. The van der Waals surface area contributed by atoms with Crippen molar-refractivity contribution >= 4 is 11.9 Å². The van der Waals surface area contributed by atoms with Crippen LogP contribution in [0.2, 0.25) is 0 Å². The first kappa shape index (κ1) is 17.2. The highest BCUT2D eigenvalue weighted by atomic mass is 16.4. The molecule has 1 aromatic carbocycles. The highest BCUT2D eigenvalue weighted by Crippen LogP contribution is 2.32. The maximum absolute atomic E-state index is 12.1. The number of carboxylic acid groups (broad SMARTS) is 1. The van der Waals surface area contributed by atoms with Crippen molar-refractivity contribution in [3.05, 3.63) is 35.9 Å². The van der Waals surface area contributed by atoms with Gasteiger partial charge in [0.2, 0.25) is 5.91 Å². The van der Waals surface area contributed by atoms with Crippen molar-refractivity contribution in [2.45, 2.75) is 52.5 Å². The molecule has 21 heavy (non-hydrogen) atoms. The van der Waals surface area contributed by atoms with E-state index in [2.05, 4.69) is 26.1 Å². The standard InChI is InChI=1S/C17H25NO3/c1-17(2,3)16(13-9-5-4-6-10-13)18-14(19)11-7-8-12-15(20)21/h4-6,9-10,16H,7-8,11-12H2,1-3H3,(H,18,19)(H,20,21). The average Bonchev–Trinajstić information content (AvgIpc) is 2.40. The van der Waals surface area contributed by atoms with Gasteiger partial charge in [-0.25, -0.2) is 0 Å². The monoisotopic (exact) mass is 291 g/mol. The fraction of sp³-hybridized carbons (Fsp3) is 0.529. The lowest BCUT2D eigenvalue weighted by atomic mass is 9.82. The number of carbonyl (C=O) groups excluding carboxylic acids is 1. The molecule has 0 aliphatic rings. The highest BCUT2D eigenvalue weighted by Gasteiger charge is 2.27. The number of benzene rings is 1. The molecule has 0 heterocycles. The van der Waals surface area contributed by atoms with Crippen LogP contribution in [0.15, 0.2) is 30.3 Å². The van der Waals surface area contributed by atoms with Gasteiger partial charge in [0.05, 0.1) is 6.04 Å². The van der Waals surface area contributed by atoms with Crippen LogP contribution in [0.5, 0.6) is 0 Å². The molecule has 0 bridgehead atoms. The number of carboxylic acids is 1. The third kappa shape index (κ3) is 6.43. The van der Waals surface area contributed by atoms with E-state index in [4.69, 9.17) is 5.11 Å². The maximum atomic E-state index is 12.1. The molecule has 1 aromatic rings. The van der Waals surface area contributed by atoms with Crippen molar-refractivity contribution in [3.8, 4) is 0 Å². The van der Waals surface area contributed by atoms with Gasteiger partial charge in [-0.05, 0) is 23.8 Å². The Hall–Kier alpha value is -1.84. The van der Waals surface area contributed by atoms with Crippen molar-refractivity contribution in [1.82, 2.24) is 5.32 Å². The predicted octanol–water partition coefficient (Wildman–Crippen LogP) is 3.54. The molecule has 0 radical (unpaired) electrons. The average molecular weight is 291 g/mol. The second-order valence-corrected chi connectivity index (χ2v) is 6.38. The quantitative estimate of drug-likeness (QED) is 0.755. The first-order chi connectivity index (χ1) is 9.80. The van der Waals surface area contributed by atoms with Crippen molar-refractivity contribution in [2.75, 3.05) is 0 Å². The van der Waals surface area contributed by atoms with Crippen LogP contribution in [0.1, 0.15) is 58.1 Å². The van der Waals surface area contributed by atoms with Crippen LogP contribution in [0.4, 0.5) is 0 Å². The molecule has 2 N–H and O–H groups in total. The Bertz CT molecular complexity index is 463. The minimum absolute atomic E-state index is 0.0239. The summed E-state index contributed by atoms with van der Waals surface area (Å²) >= 11 is 0. The van der Waals surface area contributed by atoms with Crippen molar-refractivity contribution < 1.29 is 14.7 Å². The second kappa shape index (κ2) is 7.81. The zero-order valence-electron chi connectivity index (χ0n) is 13.1. The van der Waals surface area contributed by atoms with Crippen LogP contribution in [-0.4, -0.2) is 17.0 Å². The normalized spacial score (nSPS) is 12.7. The molecular formula is C17H25NO3. The van der Waals surface area contributed by atoms with Crippen LogP contribution in [0.25, 0.3) is 0 Å². The summed E-state index contributed by atoms with van der Waals surface area (Å²) in [6, 6.07) is 9.86. The van der Waals surface area contributed by atoms with Crippen molar-refractivity contribution in [3.63, 3.8) is 0 Å². The number of aliphatic carboxylic acids is 1. The molecule has 0 saturated carbocycles. The van der Waals surface area contributed by atoms with Crippen LogP contribution in [0.3, 0.4) is 0 Å². The molecule has 1 rings (SSSR count). The van der Waals surface area contributed by atoms with Gasteiger partial charge in [-0.15, -0.1) is 0 Å². The number of hydrogen-bond acceptors (Lipinski definition) is 2. The topological polar surface area (TPSA) is 66.4 Å². The second-order valence-electron chi connectivity index (χ2n) is 6.38. The summed E-state index contributed by atoms with van der Waals surface area (Å²) in [4.78, 5) is 22.5. The zero-order valence-corrected chi connectivity index (χ0v) is 13.1. The van der Waals surface area contributed by atoms with E-state index in [1.54, 1.807) is 0 Å². The van der Waals surface area contributed by atoms with E-state index in [9.17, 15) is 9.59 Å². The van der Waals surface area contributed by atoms with Gasteiger partial charge in [0.15, 0.2) is 0 Å². The summed E-state index contributed by atoms with van der Waals surface area (Å²) in [5, 5.41) is 11.7. The van der Waals surface area contributed by atoms with Crippen LogP contribution < -0.4 is 5.32 Å². The third-order valence-electron chi connectivity index (χ3n) is 3.35. The summed E-state index contributed by atoms with van der Waals surface area (Å²) in [6.07, 6.45) is 1.62. The van der Waals surface area contributed by atoms with Crippen LogP contribution in [0, 0.1) is 5.41 Å². The maximum Gasteiger partial charge on any atom is 0.303 e. The molecular weight excluding hydrogens is 266 g/mol. The Morgan fingerprint density at radius 3 is 2.19 bits per heavy atom. The molecule has 1 unspecified atom stereocenters. The molecule has 0 saturated heterocycles. The Morgan fingerprint density at radius 2 is 1.67 bits per heavy atom. The van der Waals surface area contributed by atoms with E-state index in [0.717, 1.165) is 5.56 Å². The summed E-state index contributed by atoms with van der Waals surface area (Å²) in [5.41, 5.74) is 1.00. The van der Waals surface area contributed by atoms with Gasteiger partial charge in [-0.3, -0.25) is 9.59 Å². The number of carbonyl (C=O) groups is 2. The molecule has 0 aliphatic carbocycles. The molecule has 1 atom stereocenters. The summed E-state index contributed by atoms with van der Waals surface area (Å²) in [5.74, 6) is -0.837. The van der Waals surface area contributed by atoms with E-state index < -0.39 is 5.97 Å². The fourth-order valence-corrected chi connectivity index (χ4v) is 2.24. The van der Waals surface area contributed by atoms with Crippen molar-refractivity contribution in [1.29, 1.82) is 0 Å². The predicted molar refractivity (Wildman–Crippen MR) is 82.9 cm³/mol. The third-order valence-corrected chi connectivity index (χ3v) is 3.35. The Balaban J connectivity index is 2.58. The van der Waals surface area contributed by atoms with Gasteiger partial charge in [0.1, 0.15) is 0 Å². The smallest absolute Gasteiger partial charge is 0.303 e. The van der Waals surface area contributed by atoms with E-state index in [0.29, 0.717) is 19.3 Å². The van der Waals surface area contributed by atoms with Gasteiger partial charge in [0.25, 0.3) is 0 Å². The van der Waals surface area contributed by atoms with Crippen molar-refractivity contribution in [2.24, 2.45) is 5.41 Å². The first-order valence-electron chi connectivity index (χ1n) is 7.37. The van der Waals surface area contributed by atoms with E-state index in [1.165, 1.54) is 0 Å². The molecule has 0 aliphatic heterocycles. The lowest BCUT2D eigenvalue weighted by Gasteiger charge is -2.32. The van der Waals surface area contributed by atoms with Gasteiger partial charge >= 0.3 is 5.97 Å². The zero-order chi connectivity index (χ0) is 15.9. The van der Waals surface area contributed by atoms with Gasteiger partial charge in [-0.2, -0.15) is 0 Å². The lowest BCUT2D eigenvalue weighted by Crippen LogP contribution is -2.36. The lowest BCUT2D eigenvalue weighted by molar-refractivity contribution is -0.137. The minimum Gasteiger partial charge on any atom is -0.481 e. The van der Waals surface area contributed by atoms with Gasteiger partial charge in [-0.1, -0.05) is 51.1 Å². The fourth-order valence-electron chi connectivity index (χ4n) is 2.24. The van der Waals surface area contributed by atoms with Crippen LogP contribution in [-0.2, 0) is 9.59 Å².